The van der Waals surface area contributed by atoms with Crippen LogP contribution in [0.15, 0.2) is 28.7 Å². The lowest BCUT2D eigenvalue weighted by Gasteiger charge is -2.23. The highest BCUT2D eigenvalue weighted by Crippen LogP contribution is 2.26. The lowest BCUT2D eigenvalue weighted by atomic mass is 10.0. The molecule has 1 saturated carbocycles. The molecule has 2 N–H and O–H groups in total. The van der Waals surface area contributed by atoms with E-state index in [9.17, 15) is 4.79 Å². The summed E-state index contributed by atoms with van der Waals surface area (Å²) < 4.78 is 1.05. The van der Waals surface area contributed by atoms with E-state index in [1.807, 2.05) is 31.3 Å². The van der Waals surface area contributed by atoms with Gasteiger partial charge in [-0.3, -0.25) is 4.79 Å². The molecule has 0 radical (unpaired) electrons. The highest BCUT2D eigenvalue weighted by atomic mass is 79.9. The summed E-state index contributed by atoms with van der Waals surface area (Å²) in [5.41, 5.74) is 7.12. The minimum atomic E-state index is 0.0189. The van der Waals surface area contributed by atoms with Crippen molar-refractivity contribution < 1.29 is 4.79 Å². The molecular formula is C14H19BrN2O. The molecule has 1 amide bonds. The van der Waals surface area contributed by atoms with E-state index in [2.05, 4.69) is 15.9 Å². The summed E-state index contributed by atoms with van der Waals surface area (Å²) in [6.07, 6.45) is 2.98. The van der Waals surface area contributed by atoms with Gasteiger partial charge >= 0.3 is 0 Å². The fourth-order valence-corrected chi connectivity index (χ4v) is 2.78. The Hall–Kier alpha value is -0.870. The Labute approximate surface area is 116 Å². The third-order valence-electron chi connectivity index (χ3n) is 3.60. The Morgan fingerprint density at radius 3 is 2.61 bits per heavy atom. The van der Waals surface area contributed by atoms with Crippen molar-refractivity contribution in [2.45, 2.75) is 31.8 Å². The fraction of sp³-hybridized carbons (Fsp3) is 0.500. The molecule has 2 rings (SSSR count). The Kier molecular flexibility index (Phi) is 4.40. The SMILES string of the molecule is CN(Cc1ccc(Br)cc1)C(=O)C1CCCC1N. The van der Waals surface area contributed by atoms with Crippen molar-refractivity contribution in [3.05, 3.63) is 34.3 Å². The molecule has 1 aliphatic carbocycles. The van der Waals surface area contributed by atoms with Gasteiger partial charge in [-0.25, -0.2) is 0 Å². The molecule has 3 nitrogen and oxygen atoms in total. The van der Waals surface area contributed by atoms with Crippen molar-refractivity contribution in [2.75, 3.05) is 7.05 Å². The zero-order chi connectivity index (χ0) is 13.1. The van der Waals surface area contributed by atoms with Gasteiger partial charge in [0, 0.05) is 24.1 Å². The van der Waals surface area contributed by atoms with E-state index in [0.29, 0.717) is 6.54 Å². The second-order valence-electron chi connectivity index (χ2n) is 5.02. The number of hydrogen-bond donors (Lipinski definition) is 1. The third-order valence-corrected chi connectivity index (χ3v) is 4.12. The monoisotopic (exact) mass is 310 g/mol. The van der Waals surface area contributed by atoms with E-state index >= 15 is 0 Å². The van der Waals surface area contributed by atoms with Gasteiger partial charge < -0.3 is 10.6 Å². The lowest BCUT2D eigenvalue weighted by molar-refractivity contribution is -0.134. The highest BCUT2D eigenvalue weighted by Gasteiger charge is 2.32. The molecular weight excluding hydrogens is 292 g/mol. The minimum Gasteiger partial charge on any atom is -0.341 e. The maximum Gasteiger partial charge on any atom is 0.227 e. The number of rotatable bonds is 3. The van der Waals surface area contributed by atoms with E-state index in [1.165, 1.54) is 0 Å². The summed E-state index contributed by atoms with van der Waals surface area (Å²) in [4.78, 5) is 14.1. The van der Waals surface area contributed by atoms with E-state index in [0.717, 1.165) is 29.3 Å². The molecule has 0 aliphatic heterocycles. The van der Waals surface area contributed by atoms with Gasteiger partial charge in [0.05, 0.1) is 5.92 Å². The van der Waals surface area contributed by atoms with Gasteiger partial charge in [0.25, 0.3) is 0 Å². The summed E-state index contributed by atoms with van der Waals surface area (Å²) in [7, 11) is 1.86. The molecule has 4 heteroatoms. The fourth-order valence-electron chi connectivity index (χ4n) is 2.52. The van der Waals surface area contributed by atoms with Crippen LogP contribution in [0.1, 0.15) is 24.8 Å². The number of nitrogens with two attached hydrogens (primary N) is 1. The van der Waals surface area contributed by atoms with Crippen LogP contribution in [-0.2, 0) is 11.3 Å². The molecule has 1 aromatic rings. The van der Waals surface area contributed by atoms with Crippen LogP contribution in [0.4, 0.5) is 0 Å². The Balaban J connectivity index is 1.97. The standard InChI is InChI=1S/C14H19BrN2O/c1-17(9-10-5-7-11(15)8-6-10)14(18)12-3-2-4-13(12)16/h5-8,12-13H,2-4,9,16H2,1H3. The van der Waals surface area contributed by atoms with Crippen molar-refractivity contribution in [2.24, 2.45) is 11.7 Å². The van der Waals surface area contributed by atoms with Crippen LogP contribution < -0.4 is 5.73 Å². The van der Waals surface area contributed by atoms with E-state index < -0.39 is 0 Å². The van der Waals surface area contributed by atoms with Gasteiger partial charge in [-0.15, -0.1) is 0 Å². The van der Waals surface area contributed by atoms with Crippen LogP contribution in [0.3, 0.4) is 0 Å². The predicted octanol–water partition coefficient (Wildman–Crippen LogP) is 2.53. The first-order valence-corrected chi connectivity index (χ1v) is 7.12. The molecule has 1 fully saturated rings. The molecule has 0 spiro atoms. The van der Waals surface area contributed by atoms with Crippen LogP contribution in [0, 0.1) is 5.92 Å². The molecule has 0 bridgehead atoms. The number of benzene rings is 1. The molecule has 1 aromatic carbocycles. The van der Waals surface area contributed by atoms with Crippen molar-refractivity contribution in [3.8, 4) is 0 Å². The van der Waals surface area contributed by atoms with Gasteiger partial charge in [0.2, 0.25) is 5.91 Å². The first-order chi connectivity index (χ1) is 8.58. The van der Waals surface area contributed by atoms with Crippen LogP contribution in [0.25, 0.3) is 0 Å². The first-order valence-electron chi connectivity index (χ1n) is 6.33. The van der Waals surface area contributed by atoms with Crippen molar-refractivity contribution in [1.29, 1.82) is 0 Å². The predicted molar refractivity (Wildman–Crippen MR) is 75.9 cm³/mol. The van der Waals surface area contributed by atoms with Gasteiger partial charge in [0.1, 0.15) is 0 Å². The maximum absolute atomic E-state index is 12.3. The van der Waals surface area contributed by atoms with Crippen molar-refractivity contribution in [1.82, 2.24) is 4.90 Å². The molecule has 2 atom stereocenters. The van der Waals surface area contributed by atoms with Gasteiger partial charge in [-0.05, 0) is 30.5 Å². The van der Waals surface area contributed by atoms with Crippen LogP contribution in [-0.4, -0.2) is 23.9 Å². The van der Waals surface area contributed by atoms with E-state index in [1.54, 1.807) is 4.90 Å². The number of hydrogen-bond acceptors (Lipinski definition) is 2. The van der Waals surface area contributed by atoms with Gasteiger partial charge in [0.15, 0.2) is 0 Å². The van der Waals surface area contributed by atoms with Crippen molar-refractivity contribution in [3.63, 3.8) is 0 Å². The molecule has 0 aromatic heterocycles. The lowest BCUT2D eigenvalue weighted by Crippen LogP contribution is -2.39. The average Bonchev–Trinajstić information content (AvgIpc) is 2.77. The molecule has 18 heavy (non-hydrogen) atoms. The zero-order valence-electron chi connectivity index (χ0n) is 10.6. The molecule has 0 saturated heterocycles. The normalized spacial score (nSPS) is 23.1. The second kappa shape index (κ2) is 5.85. The largest absolute Gasteiger partial charge is 0.341 e. The topological polar surface area (TPSA) is 46.3 Å². The Bertz CT molecular complexity index is 418. The molecule has 1 aliphatic rings. The summed E-state index contributed by atoms with van der Waals surface area (Å²) in [6, 6.07) is 8.10. The first kappa shape index (κ1) is 13.6. The minimum absolute atomic E-state index is 0.0189. The summed E-state index contributed by atoms with van der Waals surface area (Å²) in [6.45, 7) is 0.648. The number of nitrogens with zero attached hydrogens (tertiary/aromatic N) is 1. The zero-order valence-corrected chi connectivity index (χ0v) is 12.2. The number of amides is 1. The summed E-state index contributed by atoms with van der Waals surface area (Å²) in [5, 5.41) is 0. The number of halogens is 1. The smallest absolute Gasteiger partial charge is 0.227 e. The van der Waals surface area contributed by atoms with Crippen LogP contribution >= 0.6 is 15.9 Å². The maximum atomic E-state index is 12.3. The Morgan fingerprint density at radius 2 is 2.06 bits per heavy atom. The third kappa shape index (κ3) is 3.12. The Morgan fingerprint density at radius 1 is 1.39 bits per heavy atom. The second-order valence-corrected chi connectivity index (χ2v) is 5.94. The van der Waals surface area contributed by atoms with Crippen LogP contribution in [0.5, 0.6) is 0 Å². The van der Waals surface area contributed by atoms with E-state index in [-0.39, 0.29) is 17.9 Å². The van der Waals surface area contributed by atoms with Crippen LogP contribution in [0.2, 0.25) is 0 Å². The highest BCUT2D eigenvalue weighted by molar-refractivity contribution is 9.10. The molecule has 98 valence electrons. The number of carbonyl (C=O) groups excluding carboxylic acids is 1. The van der Waals surface area contributed by atoms with Gasteiger partial charge in [-0.1, -0.05) is 34.5 Å². The number of carbonyl (C=O) groups is 1. The average molecular weight is 311 g/mol. The van der Waals surface area contributed by atoms with Gasteiger partial charge in [-0.2, -0.15) is 0 Å². The molecule has 0 heterocycles. The van der Waals surface area contributed by atoms with Crippen molar-refractivity contribution >= 4 is 21.8 Å². The van der Waals surface area contributed by atoms with E-state index in [4.69, 9.17) is 5.73 Å². The summed E-state index contributed by atoms with van der Waals surface area (Å²) in [5.74, 6) is 0.202. The summed E-state index contributed by atoms with van der Waals surface area (Å²) >= 11 is 3.41. The quantitative estimate of drug-likeness (QED) is 0.932. The molecule has 2 unspecified atom stereocenters.